The molecular weight excluding hydrogens is 482 g/mol. The molecule has 3 heterocycles. The number of anilines is 1. The van der Waals surface area contributed by atoms with Crippen LogP contribution in [0, 0.1) is 5.92 Å². The standard InChI is InChI=1S/C21H20BrN5O3S/c22-17-2-4-18(5-3-17)31(29,30)20-14-16(21(28)26-11-1-8-23-10-13-26)7-12-27(20)19-6-9-24-15-25-19/h1-6,8-11,13,15-16,20H,7,12,14H2. The van der Waals surface area contributed by atoms with Crippen LogP contribution in [0.2, 0.25) is 0 Å². The van der Waals surface area contributed by atoms with Crippen molar-refractivity contribution in [3.8, 4) is 0 Å². The zero-order valence-corrected chi connectivity index (χ0v) is 18.9. The second-order valence-electron chi connectivity index (χ2n) is 7.12. The van der Waals surface area contributed by atoms with Gasteiger partial charge in [-0.3, -0.25) is 14.7 Å². The van der Waals surface area contributed by atoms with E-state index in [1.165, 1.54) is 17.4 Å². The second-order valence-corrected chi connectivity index (χ2v) is 10.1. The monoisotopic (exact) mass is 501 g/mol. The molecule has 1 aromatic carbocycles. The third kappa shape index (κ3) is 4.59. The van der Waals surface area contributed by atoms with Crippen LogP contribution in [0.4, 0.5) is 5.82 Å². The van der Waals surface area contributed by atoms with E-state index in [1.807, 2.05) is 0 Å². The molecule has 1 fully saturated rings. The summed E-state index contributed by atoms with van der Waals surface area (Å²) in [7, 11) is -3.77. The highest BCUT2D eigenvalue weighted by atomic mass is 79.9. The van der Waals surface area contributed by atoms with Crippen LogP contribution in [0.3, 0.4) is 0 Å². The average Bonchev–Trinajstić information content (AvgIpc) is 3.09. The lowest BCUT2D eigenvalue weighted by Crippen LogP contribution is -2.50. The molecule has 2 aromatic rings. The van der Waals surface area contributed by atoms with E-state index in [4.69, 9.17) is 0 Å². The van der Waals surface area contributed by atoms with Crippen molar-refractivity contribution in [2.45, 2.75) is 23.1 Å². The molecule has 10 heteroatoms. The number of piperidine rings is 1. The average molecular weight is 502 g/mol. The summed E-state index contributed by atoms with van der Waals surface area (Å²) in [6.45, 7) is 0.381. The topological polar surface area (TPSA) is 95.8 Å². The van der Waals surface area contributed by atoms with Crippen LogP contribution in [0.5, 0.6) is 0 Å². The summed E-state index contributed by atoms with van der Waals surface area (Å²) in [5.41, 5.74) is 0. The molecule has 2 aliphatic rings. The van der Waals surface area contributed by atoms with Gasteiger partial charge in [0.15, 0.2) is 9.84 Å². The van der Waals surface area contributed by atoms with Gasteiger partial charge in [-0.15, -0.1) is 0 Å². The number of rotatable bonds is 4. The smallest absolute Gasteiger partial charge is 0.233 e. The molecule has 4 rings (SSSR count). The fourth-order valence-corrected chi connectivity index (χ4v) is 5.82. The van der Waals surface area contributed by atoms with Crippen molar-refractivity contribution in [3.63, 3.8) is 0 Å². The molecule has 2 unspecified atom stereocenters. The fraction of sp³-hybridized carbons (Fsp3) is 0.238. The predicted octanol–water partition coefficient (Wildman–Crippen LogP) is 3.15. The molecule has 31 heavy (non-hydrogen) atoms. The van der Waals surface area contributed by atoms with Gasteiger partial charge in [-0.25, -0.2) is 18.4 Å². The van der Waals surface area contributed by atoms with Gasteiger partial charge in [0.1, 0.15) is 17.5 Å². The number of hydrogen-bond acceptors (Lipinski definition) is 7. The third-order valence-electron chi connectivity index (χ3n) is 5.25. The van der Waals surface area contributed by atoms with Crippen LogP contribution in [0.15, 0.2) is 81.9 Å². The molecule has 1 amide bonds. The number of allylic oxidation sites excluding steroid dienone is 1. The first-order valence-corrected chi connectivity index (χ1v) is 12.0. The summed E-state index contributed by atoms with van der Waals surface area (Å²) in [5.74, 6) is -0.0911. The van der Waals surface area contributed by atoms with E-state index in [2.05, 4.69) is 30.9 Å². The molecule has 0 N–H and O–H groups in total. The highest BCUT2D eigenvalue weighted by Crippen LogP contribution is 2.34. The number of carbonyl (C=O) groups excluding carboxylic acids is 1. The van der Waals surface area contributed by atoms with Gasteiger partial charge in [-0.2, -0.15) is 0 Å². The highest BCUT2D eigenvalue weighted by molar-refractivity contribution is 9.10. The third-order valence-corrected chi connectivity index (χ3v) is 7.87. The molecule has 160 valence electrons. The Morgan fingerprint density at radius 3 is 2.68 bits per heavy atom. The van der Waals surface area contributed by atoms with Gasteiger partial charge in [0.25, 0.3) is 0 Å². The van der Waals surface area contributed by atoms with Gasteiger partial charge in [-0.1, -0.05) is 15.9 Å². The fourth-order valence-electron chi connectivity index (χ4n) is 3.69. The van der Waals surface area contributed by atoms with Gasteiger partial charge >= 0.3 is 0 Å². The molecule has 0 aliphatic carbocycles. The molecule has 0 saturated carbocycles. The van der Waals surface area contributed by atoms with Crippen LogP contribution in [-0.4, -0.2) is 47.3 Å². The number of hydrogen-bond donors (Lipinski definition) is 0. The Hall–Kier alpha value is -2.85. The number of aliphatic imine (C=N–C) groups is 1. The maximum atomic E-state index is 13.6. The van der Waals surface area contributed by atoms with E-state index in [1.54, 1.807) is 66.1 Å². The first kappa shape index (κ1) is 21.4. The molecule has 8 nitrogen and oxygen atoms in total. The first-order chi connectivity index (χ1) is 15.0. The Labute approximate surface area is 189 Å². The van der Waals surface area contributed by atoms with Crippen molar-refractivity contribution in [2.75, 3.05) is 11.4 Å². The van der Waals surface area contributed by atoms with E-state index in [9.17, 15) is 13.2 Å². The molecule has 1 saturated heterocycles. The zero-order valence-electron chi connectivity index (χ0n) is 16.5. The number of carbonyl (C=O) groups is 1. The van der Waals surface area contributed by atoms with Crippen molar-refractivity contribution in [2.24, 2.45) is 10.9 Å². The Morgan fingerprint density at radius 2 is 1.94 bits per heavy atom. The number of halogens is 1. The van der Waals surface area contributed by atoms with E-state index < -0.39 is 21.1 Å². The lowest BCUT2D eigenvalue weighted by molar-refractivity contribution is -0.131. The molecule has 2 atom stereocenters. The predicted molar refractivity (Wildman–Crippen MR) is 121 cm³/mol. The second kappa shape index (κ2) is 9.11. The van der Waals surface area contributed by atoms with Crippen LogP contribution in [-0.2, 0) is 14.6 Å². The highest BCUT2D eigenvalue weighted by Gasteiger charge is 2.41. The lowest BCUT2D eigenvalue weighted by Gasteiger charge is -2.39. The minimum Gasteiger partial charge on any atom is -0.339 e. The largest absolute Gasteiger partial charge is 0.339 e. The lowest BCUT2D eigenvalue weighted by atomic mass is 9.95. The number of amides is 1. The Morgan fingerprint density at radius 1 is 1.13 bits per heavy atom. The normalized spacial score (nSPS) is 21.2. The molecule has 1 aromatic heterocycles. The van der Waals surface area contributed by atoms with Crippen molar-refractivity contribution < 1.29 is 13.2 Å². The van der Waals surface area contributed by atoms with Crippen LogP contribution >= 0.6 is 15.9 Å². The number of benzene rings is 1. The molecular formula is C21H20BrN5O3S. The van der Waals surface area contributed by atoms with Crippen LogP contribution in [0.1, 0.15) is 12.8 Å². The minimum absolute atomic E-state index is 0.153. The number of nitrogens with zero attached hydrogens (tertiary/aromatic N) is 5. The SMILES string of the molecule is O=C(C1CCN(c2ccncn2)C(S(=O)(=O)c2ccc(Br)cc2)C1)N1C=CC=NC=C1. The molecule has 0 radical (unpaired) electrons. The maximum absolute atomic E-state index is 13.6. The van der Waals surface area contributed by atoms with Crippen molar-refractivity contribution in [3.05, 3.63) is 72.0 Å². The Bertz CT molecular complexity index is 1120. The zero-order chi connectivity index (χ0) is 21.8. The Kier molecular flexibility index (Phi) is 6.28. The summed E-state index contributed by atoms with van der Waals surface area (Å²) in [6, 6.07) is 8.21. The van der Waals surface area contributed by atoms with E-state index in [0.717, 1.165) is 4.47 Å². The van der Waals surface area contributed by atoms with E-state index >= 15 is 0 Å². The van der Waals surface area contributed by atoms with E-state index in [0.29, 0.717) is 18.8 Å². The van der Waals surface area contributed by atoms with Crippen LogP contribution in [0.25, 0.3) is 0 Å². The van der Waals surface area contributed by atoms with Crippen molar-refractivity contribution in [1.29, 1.82) is 0 Å². The van der Waals surface area contributed by atoms with Crippen LogP contribution < -0.4 is 4.90 Å². The number of aromatic nitrogens is 2. The van der Waals surface area contributed by atoms with Gasteiger partial charge in [0.05, 0.1) is 4.90 Å². The first-order valence-electron chi connectivity index (χ1n) is 9.68. The van der Waals surface area contributed by atoms with Gasteiger partial charge in [0.2, 0.25) is 5.91 Å². The molecule has 0 spiro atoms. The number of sulfone groups is 1. The summed E-state index contributed by atoms with van der Waals surface area (Å²) >= 11 is 3.34. The summed E-state index contributed by atoms with van der Waals surface area (Å²) in [5, 5.41) is -0.928. The van der Waals surface area contributed by atoms with Gasteiger partial charge in [0, 0.05) is 47.9 Å². The minimum atomic E-state index is -3.77. The molecule has 0 bridgehead atoms. The Balaban J connectivity index is 1.67. The van der Waals surface area contributed by atoms with Gasteiger partial charge in [-0.05, 0) is 49.2 Å². The van der Waals surface area contributed by atoms with Crippen molar-refractivity contribution >= 4 is 43.7 Å². The quantitative estimate of drug-likeness (QED) is 0.638. The summed E-state index contributed by atoms with van der Waals surface area (Å²) in [4.78, 5) is 28.7. The molecule has 2 aliphatic heterocycles. The van der Waals surface area contributed by atoms with Gasteiger partial charge < -0.3 is 4.90 Å². The van der Waals surface area contributed by atoms with E-state index in [-0.39, 0.29) is 17.2 Å². The van der Waals surface area contributed by atoms with Crippen molar-refractivity contribution in [1.82, 2.24) is 14.9 Å². The maximum Gasteiger partial charge on any atom is 0.233 e. The summed E-state index contributed by atoms with van der Waals surface area (Å²) in [6.07, 6.45) is 11.6. The summed E-state index contributed by atoms with van der Waals surface area (Å²) < 4.78 is 28.0.